The number of halogens is 1. The molecule has 1 aromatic carbocycles. The monoisotopic (exact) mass is 241 g/mol. The molecule has 0 N–H and O–H groups in total. The minimum atomic E-state index is -0.338. The molecule has 13 heavy (non-hydrogen) atoms. The summed E-state index contributed by atoms with van der Waals surface area (Å²) in [7, 11) is 0. The summed E-state index contributed by atoms with van der Waals surface area (Å²) in [5.41, 5.74) is 1.61. The Morgan fingerprint density at radius 2 is 2.08 bits per heavy atom. The molecule has 0 heterocycles. The molecule has 0 amide bonds. The van der Waals surface area contributed by atoms with Crippen molar-refractivity contribution in [1.82, 2.24) is 0 Å². The second kappa shape index (κ2) is 5.14. The zero-order valence-corrected chi connectivity index (χ0v) is 8.71. The Bertz CT molecular complexity index is 297. The van der Waals surface area contributed by atoms with E-state index >= 15 is 0 Å². The lowest BCUT2D eigenvalue weighted by molar-refractivity contribution is -0.365. The van der Waals surface area contributed by atoms with Gasteiger partial charge < -0.3 is 5.11 Å². The van der Waals surface area contributed by atoms with Gasteiger partial charge in [0.15, 0.2) is 5.78 Å². The minimum Gasteiger partial charge on any atom is -0.854 e. The Kier molecular flexibility index (Phi) is 4.12. The minimum absolute atomic E-state index is 0.0648. The first-order valence-corrected chi connectivity index (χ1v) is 5.17. The highest BCUT2D eigenvalue weighted by Crippen LogP contribution is 2.13. The topological polar surface area (TPSA) is 40.1 Å². The first-order valence-electron chi connectivity index (χ1n) is 4.04. The van der Waals surface area contributed by atoms with Crippen molar-refractivity contribution >= 4 is 21.7 Å². The van der Waals surface area contributed by atoms with E-state index in [0.29, 0.717) is 10.9 Å². The molecule has 70 valence electrons. The van der Waals surface area contributed by atoms with Crippen molar-refractivity contribution in [2.45, 2.75) is 11.8 Å². The van der Waals surface area contributed by atoms with Gasteiger partial charge in [-0.25, -0.2) is 0 Å². The van der Waals surface area contributed by atoms with Crippen molar-refractivity contribution in [3.63, 3.8) is 0 Å². The van der Waals surface area contributed by atoms with E-state index in [1.54, 1.807) is 6.07 Å². The van der Waals surface area contributed by atoms with E-state index in [1.165, 1.54) is 0 Å². The molecule has 0 aliphatic heterocycles. The average Bonchev–Trinajstić information content (AvgIpc) is 2.18. The van der Waals surface area contributed by atoms with Gasteiger partial charge >= 0.3 is 0 Å². The number of carbonyl (C=O) groups is 1. The SMILES string of the molecule is O=C(CC[O-])c1ccccc1CBr. The summed E-state index contributed by atoms with van der Waals surface area (Å²) in [5.74, 6) is -0.0648. The van der Waals surface area contributed by atoms with Gasteiger partial charge in [-0.05, 0) is 12.0 Å². The number of carbonyl (C=O) groups excluding carboxylic acids is 1. The lowest BCUT2D eigenvalue weighted by atomic mass is 10.0. The molecule has 1 rings (SSSR count). The van der Waals surface area contributed by atoms with Crippen LogP contribution in [0.25, 0.3) is 0 Å². The highest BCUT2D eigenvalue weighted by molar-refractivity contribution is 9.08. The Morgan fingerprint density at radius 1 is 1.38 bits per heavy atom. The molecule has 0 saturated heterocycles. The number of ketones is 1. The van der Waals surface area contributed by atoms with Crippen molar-refractivity contribution in [3.05, 3.63) is 35.4 Å². The number of alkyl halides is 1. The number of Topliss-reactive ketones (excluding diaryl/α,β-unsaturated/α-hetero) is 1. The highest BCUT2D eigenvalue weighted by atomic mass is 79.9. The molecule has 0 unspecified atom stereocenters. The normalized spacial score (nSPS) is 10.0. The maximum absolute atomic E-state index is 11.4. The van der Waals surface area contributed by atoms with Crippen molar-refractivity contribution < 1.29 is 9.90 Å². The molecule has 0 fully saturated rings. The summed E-state index contributed by atoms with van der Waals surface area (Å²) in [6.07, 6.45) is 0.0873. The summed E-state index contributed by atoms with van der Waals surface area (Å²) in [6.45, 7) is -0.338. The van der Waals surface area contributed by atoms with Crippen LogP contribution in [0.5, 0.6) is 0 Å². The van der Waals surface area contributed by atoms with Crippen LogP contribution in [0.3, 0.4) is 0 Å². The van der Waals surface area contributed by atoms with Crippen molar-refractivity contribution in [1.29, 1.82) is 0 Å². The fourth-order valence-electron chi connectivity index (χ4n) is 1.14. The van der Waals surface area contributed by atoms with E-state index in [1.807, 2.05) is 18.2 Å². The van der Waals surface area contributed by atoms with Crippen molar-refractivity contribution in [2.75, 3.05) is 6.61 Å². The zero-order valence-electron chi connectivity index (χ0n) is 7.13. The molecule has 0 aliphatic rings. The van der Waals surface area contributed by atoms with E-state index in [-0.39, 0.29) is 18.8 Å². The summed E-state index contributed by atoms with van der Waals surface area (Å²) >= 11 is 3.30. The van der Waals surface area contributed by atoms with Gasteiger partial charge in [-0.15, -0.1) is 6.61 Å². The molecule has 0 atom stereocenters. The van der Waals surface area contributed by atoms with Crippen LogP contribution in [0.1, 0.15) is 22.3 Å². The van der Waals surface area contributed by atoms with Crippen molar-refractivity contribution in [2.24, 2.45) is 0 Å². The average molecular weight is 242 g/mol. The van der Waals surface area contributed by atoms with E-state index < -0.39 is 0 Å². The predicted octanol–water partition coefficient (Wildman–Crippen LogP) is 1.51. The van der Waals surface area contributed by atoms with Crippen LogP contribution in [0.4, 0.5) is 0 Å². The van der Waals surface area contributed by atoms with Crippen LogP contribution in [0.15, 0.2) is 24.3 Å². The molecule has 0 radical (unpaired) electrons. The largest absolute Gasteiger partial charge is 0.854 e. The first kappa shape index (κ1) is 10.4. The van der Waals surface area contributed by atoms with Gasteiger partial charge in [0.25, 0.3) is 0 Å². The summed E-state index contributed by atoms with van der Waals surface area (Å²) < 4.78 is 0. The Balaban J connectivity index is 2.92. The highest BCUT2D eigenvalue weighted by Gasteiger charge is 2.07. The fourth-order valence-corrected chi connectivity index (χ4v) is 1.63. The Morgan fingerprint density at radius 3 is 2.69 bits per heavy atom. The molecule has 0 bridgehead atoms. The first-order chi connectivity index (χ1) is 6.29. The second-order valence-corrected chi connectivity index (χ2v) is 3.23. The van der Waals surface area contributed by atoms with Crippen LogP contribution in [-0.2, 0) is 5.33 Å². The molecule has 0 aromatic heterocycles. The lowest BCUT2D eigenvalue weighted by Crippen LogP contribution is -2.13. The fraction of sp³-hybridized carbons (Fsp3) is 0.300. The molecule has 3 heteroatoms. The second-order valence-electron chi connectivity index (χ2n) is 2.67. The van der Waals surface area contributed by atoms with Gasteiger partial charge in [0.2, 0.25) is 0 Å². The maximum Gasteiger partial charge on any atom is 0.161 e. The molecule has 2 nitrogen and oxygen atoms in total. The molecule has 0 saturated carbocycles. The van der Waals surface area contributed by atoms with Gasteiger partial charge in [0.05, 0.1) is 0 Å². The van der Waals surface area contributed by atoms with Crippen LogP contribution in [-0.4, -0.2) is 12.4 Å². The number of benzene rings is 1. The van der Waals surface area contributed by atoms with Gasteiger partial charge in [-0.3, -0.25) is 4.79 Å². The third-order valence-corrected chi connectivity index (χ3v) is 2.39. The van der Waals surface area contributed by atoms with Gasteiger partial charge in [-0.1, -0.05) is 40.2 Å². The van der Waals surface area contributed by atoms with Gasteiger partial charge in [0.1, 0.15) is 0 Å². The third kappa shape index (κ3) is 2.64. The van der Waals surface area contributed by atoms with E-state index in [0.717, 1.165) is 5.56 Å². The number of hydrogen-bond donors (Lipinski definition) is 0. The van der Waals surface area contributed by atoms with Crippen LogP contribution in [0, 0.1) is 0 Å². The summed E-state index contributed by atoms with van der Waals surface area (Å²) in [5, 5.41) is 10.9. The van der Waals surface area contributed by atoms with Crippen LogP contribution in [0.2, 0.25) is 0 Å². The molecular formula is C10H10BrO2-. The Hall–Kier alpha value is -0.670. The van der Waals surface area contributed by atoms with E-state index in [9.17, 15) is 9.90 Å². The van der Waals surface area contributed by atoms with Crippen LogP contribution < -0.4 is 5.11 Å². The molecule has 0 aliphatic carbocycles. The van der Waals surface area contributed by atoms with Crippen LogP contribution >= 0.6 is 15.9 Å². The molecule has 0 spiro atoms. The predicted molar refractivity (Wildman–Crippen MR) is 52.9 cm³/mol. The molecular weight excluding hydrogens is 232 g/mol. The van der Waals surface area contributed by atoms with Gasteiger partial charge in [-0.2, -0.15) is 0 Å². The van der Waals surface area contributed by atoms with E-state index in [2.05, 4.69) is 15.9 Å². The van der Waals surface area contributed by atoms with Gasteiger partial charge in [0, 0.05) is 10.9 Å². The van der Waals surface area contributed by atoms with Crippen molar-refractivity contribution in [3.8, 4) is 0 Å². The zero-order chi connectivity index (χ0) is 9.68. The number of rotatable bonds is 4. The summed E-state index contributed by atoms with van der Waals surface area (Å²) in [6, 6.07) is 7.33. The smallest absolute Gasteiger partial charge is 0.161 e. The maximum atomic E-state index is 11.4. The van der Waals surface area contributed by atoms with E-state index in [4.69, 9.17) is 0 Å². The Labute approximate surface area is 85.7 Å². The standard InChI is InChI=1S/C10H10BrO2/c11-7-8-3-1-2-4-9(8)10(13)5-6-12/h1-4H,5-7H2/q-1. The lowest BCUT2D eigenvalue weighted by Gasteiger charge is -2.06. The number of hydrogen-bond acceptors (Lipinski definition) is 2. The molecule has 1 aromatic rings. The third-order valence-electron chi connectivity index (χ3n) is 1.79. The summed E-state index contributed by atoms with van der Waals surface area (Å²) in [4.78, 5) is 11.4. The quantitative estimate of drug-likeness (QED) is 0.593.